The summed E-state index contributed by atoms with van der Waals surface area (Å²) in [6.07, 6.45) is 0.120. The molecular formula is C13H20O3. The van der Waals surface area contributed by atoms with Crippen LogP contribution in [-0.2, 0) is 11.3 Å². The molecule has 0 amide bonds. The standard InChI is InChI=1S/C13H20O3/c1-11(13(15)9-14)7-8-16-10-12-5-3-2-4-6-12/h2-6,11,13-15H,7-10H2,1H3/t11-,13+/m1/s1. The summed E-state index contributed by atoms with van der Waals surface area (Å²) in [6.45, 7) is 2.93. The van der Waals surface area contributed by atoms with Gasteiger partial charge in [-0.15, -0.1) is 0 Å². The number of ether oxygens (including phenoxy) is 1. The molecule has 16 heavy (non-hydrogen) atoms. The lowest BCUT2D eigenvalue weighted by atomic mass is 10.0. The largest absolute Gasteiger partial charge is 0.394 e. The van der Waals surface area contributed by atoms with Gasteiger partial charge in [0.25, 0.3) is 0 Å². The average Bonchev–Trinajstić information content (AvgIpc) is 2.34. The Morgan fingerprint density at radius 1 is 1.25 bits per heavy atom. The summed E-state index contributed by atoms with van der Waals surface area (Å²) in [5, 5.41) is 18.1. The van der Waals surface area contributed by atoms with E-state index in [1.807, 2.05) is 37.3 Å². The van der Waals surface area contributed by atoms with Crippen molar-refractivity contribution in [1.82, 2.24) is 0 Å². The van der Waals surface area contributed by atoms with Crippen molar-refractivity contribution < 1.29 is 14.9 Å². The molecule has 90 valence electrons. The predicted molar refractivity (Wildman–Crippen MR) is 63.0 cm³/mol. The molecule has 1 aromatic carbocycles. The number of aliphatic hydroxyl groups excluding tert-OH is 2. The molecule has 1 aromatic rings. The van der Waals surface area contributed by atoms with Crippen molar-refractivity contribution in [3.05, 3.63) is 35.9 Å². The second-order valence-corrected chi connectivity index (χ2v) is 4.05. The third-order valence-corrected chi connectivity index (χ3v) is 2.67. The highest BCUT2D eigenvalue weighted by Crippen LogP contribution is 2.08. The highest BCUT2D eigenvalue weighted by molar-refractivity contribution is 5.13. The number of hydrogen-bond donors (Lipinski definition) is 2. The highest BCUT2D eigenvalue weighted by Gasteiger charge is 2.12. The van der Waals surface area contributed by atoms with Crippen LogP contribution >= 0.6 is 0 Å². The monoisotopic (exact) mass is 224 g/mol. The fourth-order valence-corrected chi connectivity index (χ4v) is 1.41. The summed E-state index contributed by atoms with van der Waals surface area (Å²) in [5.74, 6) is 0.0702. The van der Waals surface area contributed by atoms with Gasteiger partial charge in [0, 0.05) is 6.61 Å². The van der Waals surface area contributed by atoms with Crippen LogP contribution in [0.4, 0.5) is 0 Å². The zero-order valence-electron chi connectivity index (χ0n) is 9.67. The van der Waals surface area contributed by atoms with Crippen LogP contribution < -0.4 is 0 Å². The van der Waals surface area contributed by atoms with E-state index < -0.39 is 6.10 Å². The molecule has 3 nitrogen and oxygen atoms in total. The molecule has 0 aliphatic rings. The van der Waals surface area contributed by atoms with Crippen LogP contribution in [0.2, 0.25) is 0 Å². The van der Waals surface area contributed by atoms with Crippen molar-refractivity contribution >= 4 is 0 Å². The first-order valence-corrected chi connectivity index (χ1v) is 5.64. The van der Waals surface area contributed by atoms with Crippen molar-refractivity contribution in [2.45, 2.75) is 26.1 Å². The van der Waals surface area contributed by atoms with Crippen LogP contribution in [0, 0.1) is 5.92 Å². The van der Waals surface area contributed by atoms with Crippen molar-refractivity contribution in [2.75, 3.05) is 13.2 Å². The third kappa shape index (κ3) is 4.75. The highest BCUT2D eigenvalue weighted by atomic mass is 16.5. The molecule has 2 N–H and O–H groups in total. The van der Waals surface area contributed by atoms with Gasteiger partial charge < -0.3 is 14.9 Å². The van der Waals surface area contributed by atoms with Gasteiger partial charge in [-0.05, 0) is 17.9 Å². The molecular weight excluding hydrogens is 204 g/mol. The molecule has 0 heterocycles. The average molecular weight is 224 g/mol. The number of hydrogen-bond acceptors (Lipinski definition) is 3. The third-order valence-electron chi connectivity index (χ3n) is 2.67. The van der Waals surface area contributed by atoms with Crippen molar-refractivity contribution in [3.63, 3.8) is 0 Å². The van der Waals surface area contributed by atoms with Crippen LogP contribution in [0.5, 0.6) is 0 Å². The van der Waals surface area contributed by atoms with Gasteiger partial charge in [0.05, 0.1) is 19.3 Å². The SMILES string of the molecule is C[C@H](CCOCc1ccccc1)[C@@H](O)CO. The Hall–Kier alpha value is -0.900. The lowest BCUT2D eigenvalue weighted by Gasteiger charge is -2.16. The Balaban J connectivity index is 2.13. The van der Waals surface area contributed by atoms with Gasteiger partial charge in [-0.25, -0.2) is 0 Å². The molecule has 0 bridgehead atoms. The van der Waals surface area contributed by atoms with E-state index in [-0.39, 0.29) is 12.5 Å². The summed E-state index contributed by atoms with van der Waals surface area (Å²) >= 11 is 0. The van der Waals surface area contributed by atoms with Crippen LogP contribution in [0.25, 0.3) is 0 Å². The summed E-state index contributed by atoms with van der Waals surface area (Å²) in [5.41, 5.74) is 1.15. The number of benzene rings is 1. The second-order valence-electron chi connectivity index (χ2n) is 4.05. The molecule has 1 rings (SSSR count). The molecule has 2 atom stereocenters. The Kier molecular flexibility index (Phi) is 6.08. The molecule has 0 saturated carbocycles. The Bertz CT molecular complexity index is 274. The molecule has 0 spiro atoms. The molecule has 0 saturated heterocycles. The molecule has 0 radical (unpaired) electrons. The minimum atomic E-state index is -0.639. The van der Waals surface area contributed by atoms with Gasteiger partial charge in [0.2, 0.25) is 0 Å². The quantitative estimate of drug-likeness (QED) is 0.691. The van der Waals surface area contributed by atoms with Crippen LogP contribution in [-0.4, -0.2) is 29.5 Å². The minimum absolute atomic E-state index is 0.0702. The second kappa shape index (κ2) is 7.39. The maximum absolute atomic E-state index is 9.34. The zero-order valence-corrected chi connectivity index (χ0v) is 9.67. The maximum atomic E-state index is 9.34. The minimum Gasteiger partial charge on any atom is -0.394 e. The fraction of sp³-hybridized carbons (Fsp3) is 0.538. The normalized spacial score (nSPS) is 14.7. The lowest BCUT2D eigenvalue weighted by Crippen LogP contribution is -2.22. The topological polar surface area (TPSA) is 49.7 Å². The number of rotatable bonds is 7. The van der Waals surface area contributed by atoms with E-state index >= 15 is 0 Å². The van der Waals surface area contributed by atoms with E-state index in [1.165, 1.54) is 0 Å². The van der Waals surface area contributed by atoms with Crippen LogP contribution in [0.15, 0.2) is 30.3 Å². The molecule has 3 heteroatoms. The molecule has 0 aliphatic heterocycles. The summed E-state index contributed by atoms with van der Waals surface area (Å²) < 4.78 is 5.49. The maximum Gasteiger partial charge on any atom is 0.0797 e. The van der Waals surface area contributed by atoms with Crippen LogP contribution in [0.1, 0.15) is 18.9 Å². The molecule has 0 aromatic heterocycles. The van der Waals surface area contributed by atoms with E-state index in [1.54, 1.807) is 0 Å². The van der Waals surface area contributed by atoms with E-state index in [9.17, 15) is 5.11 Å². The molecule has 0 unspecified atom stereocenters. The first-order valence-electron chi connectivity index (χ1n) is 5.64. The summed E-state index contributed by atoms with van der Waals surface area (Å²) in [6, 6.07) is 9.98. The first kappa shape index (κ1) is 13.2. The molecule has 0 fully saturated rings. The van der Waals surface area contributed by atoms with Gasteiger partial charge in [0.15, 0.2) is 0 Å². The lowest BCUT2D eigenvalue weighted by molar-refractivity contribution is 0.0314. The van der Waals surface area contributed by atoms with Gasteiger partial charge in [-0.3, -0.25) is 0 Å². The Morgan fingerprint density at radius 3 is 2.56 bits per heavy atom. The first-order chi connectivity index (χ1) is 7.74. The summed E-state index contributed by atoms with van der Waals surface area (Å²) in [7, 11) is 0. The van der Waals surface area contributed by atoms with Gasteiger partial charge in [-0.2, -0.15) is 0 Å². The van der Waals surface area contributed by atoms with Gasteiger partial charge in [0.1, 0.15) is 0 Å². The molecule has 0 aliphatic carbocycles. The fourth-order valence-electron chi connectivity index (χ4n) is 1.41. The smallest absolute Gasteiger partial charge is 0.0797 e. The van der Waals surface area contributed by atoms with Crippen molar-refractivity contribution in [2.24, 2.45) is 5.92 Å². The van der Waals surface area contributed by atoms with E-state index in [0.29, 0.717) is 13.2 Å². The van der Waals surface area contributed by atoms with E-state index in [2.05, 4.69) is 0 Å². The summed E-state index contributed by atoms with van der Waals surface area (Å²) in [4.78, 5) is 0. The van der Waals surface area contributed by atoms with Crippen molar-refractivity contribution in [3.8, 4) is 0 Å². The van der Waals surface area contributed by atoms with Gasteiger partial charge >= 0.3 is 0 Å². The Morgan fingerprint density at radius 2 is 1.94 bits per heavy atom. The van der Waals surface area contributed by atoms with E-state index in [0.717, 1.165) is 12.0 Å². The Labute approximate surface area is 96.7 Å². The predicted octanol–water partition coefficient (Wildman–Crippen LogP) is 1.58. The van der Waals surface area contributed by atoms with Gasteiger partial charge in [-0.1, -0.05) is 37.3 Å². The zero-order chi connectivity index (χ0) is 11.8. The van der Waals surface area contributed by atoms with Crippen LogP contribution in [0.3, 0.4) is 0 Å². The van der Waals surface area contributed by atoms with E-state index in [4.69, 9.17) is 9.84 Å². The van der Waals surface area contributed by atoms with Crippen molar-refractivity contribution in [1.29, 1.82) is 0 Å². The number of aliphatic hydroxyl groups is 2.